The molecule has 1 heterocycles. The number of piperazine rings is 1. The van der Waals surface area contributed by atoms with Crippen LogP contribution in [0.3, 0.4) is 0 Å². The number of nitrogens with zero attached hydrogens (tertiary/aromatic N) is 1. The van der Waals surface area contributed by atoms with Crippen LogP contribution in [0.25, 0.3) is 0 Å². The molecule has 0 unspecified atom stereocenters. The summed E-state index contributed by atoms with van der Waals surface area (Å²) >= 11 is 0. The maximum absolute atomic E-state index is 12.0. The van der Waals surface area contributed by atoms with Gasteiger partial charge < -0.3 is 14.5 Å². The largest absolute Gasteiger partial charge is 0.453 e. The highest BCUT2D eigenvalue weighted by molar-refractivity contribution is 5.94. The molecule has 7 nitrogen and oxygen atoms in total. The van der Waals surface area contributed by atoms with Crippen LogP contribution in [0, 0.1) is 0 Å². The molecule has 0 radical (unpaired) electrons. The molecule has 1 aromatic carbocycles. The molecule has 1 aromatic rings. The van der Waals surface area contributed by atoms with Crippen molar-refractivity contribution < 1.29 is 24.0 Å². The van der Waals surface area contributed by atoms with Gasteiger partial charge in [-0.2, -0.15) is 0 Å². The van der Waals surface area contributed by atoms with Crippen LogP contribution >= 0.6 is 0 Å². The number of carbonyl (C=O) groups excluding carboxylic acids is 3. The standard InChI is InChI=1S/C17H23N3O4/c1-12(16(22)18-17(23)24-3)19-8-10-20(11-9-19)15-6-4-14(5-7-15)13(2)21/h4-7,12H,8-11H2,1-3H3,(H,18,22,23)/p+1/t12-/m0/s1. The van der Waals surface area contributed by atoms with Crippen molar-refractivity contribution in [2.24, 2.45) is 0 Å². The van der Waals surface area contributed by atoms with Crippen LogP contribution < -0.4 is 15.1 Å². The van der Waals surface area contributed by atoms with Crippen molar-refractivity contribution in [1.29, 1.82) is 0 Å². The number of hydrogen-bond acceptors (Lipinski definition) is 5. The maximum atomic E-state index is 12.0. The second-order valence-electron chi connectivity index (χ2n) is 5.95. The van der Waals surface area contributed by atoms with Gasteiger partial charge in [0.25, 0.3) is 5.91 Å². The number of rotatable bonds is 4. The second-order valence-corrected chi connectivity index (χ2v) is 5.95. The van der Waals surface area contributed by atoms with Crippen LogP contribution in [0.4, 0.5) is 10.5 Å². The summed E-state index contributed by atoms with van der Waals surface area (Å²) in [6.45, 7) is 6.58. The second kappa shape index (κ2) is 7.92. The van der Waals surface area contributed by atoms with E-state index in [0.29, 0.717) is 5.56 Å². The summed E-state index contributed by atoms with van der Waals surface area (Å²) in [7, 11) is 1.23. The van der Waals surface area contributed by atoms with E-state index in [1.54, 1.807) is 6.92 Å². The molecule has 1 saturated heterocycles. The van der Waals surface area contributed by atoms with Gasteiger partial charge >= 0.3 is 6.09 Å². The molecular weight excluding hydrogens is 310 g/mol. The Kier molecular flexibility index (Phi) is 5.92. The highest BCUT2D eigenvalue weighted by Crippen LogP contribution is 2.15. The van der Waals surface area contributed by atoms with E-state index in [2.05, 4.69) is 15.0 Å². The smallest absolute Gasteiger partial charge is 0.413 e. The van der Waals surface area contributed by atoms with Crippen molar-refractivity contribution in [3.05, 3.63) is 29.8 Å². The molecule has 0 bridgehead atoms. The first-order valence-corrected chi connectivity index (χ1v) is 8.01. The van der Waals surface area contributed by atoms with E-state index in [-0.39, 0.29) is 17.7 Å². The molecule has 130 valence electrons. The van der Waals surface area contributed by atoms with Gasteiger partial charge in [-0.3, -0.25) is 14.9 Å². The van der Waals surface area contributed by atoms with Crippen LogP contribution in [0.2, 0.25) is 0 Å². The normalized spacial score (nSPS) is 16.4. The molecule has 0 saturated carbocycles. The fraction of sp³-hybridized carbons (Fsp3) is 0.471. The maximum Gasteiger partial charge on any atom is 0.413 e. The minimum absolute atomic E-state index is 0.0567. The Bertz CT molecular complexity index is 607. The van der Waals surface area contributed by atoms with Crippen molar-refractivity contribution in [3.63, 3.8) is 0 Å². The van der Waals surface area contributed by atoms with E-state index >= 15 is 0 Å². The van der Waals surface area contributed by atoms with Gasteiger partial charge in [0.15, 0.2) is 11.8 Å². The highest BCUT2D eigenvalue weighted by atomic mass is 16.5. The van der Waals surface area contributed by atoms with Crippen molar-refractivity contribution in [2.75, 3.05) is 38.2 Å². The quantitative estimate of drug-likeness (QED) is 0.750. The van der Waals surface area contributed by atoms with Gasteiger partial charge in [-0.15, -0.1) is 0 Å². The van der Waals surface area contributed by atoms with E-state index < -0.39 is 6.09 Å². The minimum atomic E-state index is -0.726. The Morgan fingerprint density at radius 3 is 2.25 bits per heavy atom. The minimum Gasteiger partial charge on any atom is -0.453 e. The number of nitrogens with one attached hydrogen (secondary N) is 2. The molecule has 0 aliphatic carbocycles. The summed E-state index contributed by atoms with van der Waals surface area (Å²) in [5.74, 6) is -0.266. The third-order valence-corrected chi connectivity index (χ3v) is 4.46. The zero-order chi connectivity index (χ0) is 17.7. The molecule has 0 aromatic heterocycles. The van der Waals surface area contributed by atoms with Crippen LogP contribution in [0.1, 0.15) is 24.2 Å². The van der Waals surface area contributed by atoms with Gasteiger partial charge in [-0.25, -0.2) is 4.79 Å². The van der Waals surface area contributed by atoms with E-state index in [0.717, 1.165) is 36.8 Å². The van der Waals surface area contributed by atoms with Gasteiger partial charge in [0.05, 0.1) is 33.3 Å². The van der Waals surface area contributed by atoms with Gasteiger partial charge in [-0.1, -0.05) is 0 Å². The Labute approximate surface area is 141 Å². The number of quaternary nitrogens is 1. The lowest BCUT2D eigenvalue weighted by Crippen LogP contribution is -3.19. The summed E-state index contributed by atoms with van der Waals surface area (Å²) < 4.78 is 4.45. The molecule has 24 heavy (non-hydrogen) atoms. The van der Waals surface area contributed by atoms with E-state index in [9.17, 15) is 14.4 Å². The van der Waals surface area contributed by atoms with Crippen molar-refractivity contribution in [1.82, 2.24) is 5.32 Å². The zero-order valence-electron chi connectivity index (χ0n) is 14.3. The number of methoxy groups -OCH3 is 1. The SMILES string of the molecule is COC(=O)NC(=O)[C@H](C)[NH+]1CCN(c2ccc(C(C)=O)cc2)CC1. The number of imide groups is 1. The molecule has 1 atom stereocenters. The van der Waals surface area contributed by atoms with E-state index in [1.165, 1.54) is 7.11 Å². The summed E-state index contributed by atoms with van der Waals surface area (Å²) in [6.07, 6.45) is -0.726. The monoisotopic (exact) mass is 334 g/mol. The number of alkyl carbamates (subject to hydrolysis) is 1. The number of Topliss-reactive ketones (excluding diaryl/α,β-unsaturated/α-hetero) is 1. The van der Waals surface area contributed by atoms with Crippen molar-refractivity contribution in [2.45, 2.75) is 19.9 Å². The Hall–Kier alpha value is -2.41. The molecule has 1 aliphatic heterocycles. The number of amides is 2. The number of carbonyl (C=O) groups is 3. The fourth-order valence-electron chi connectivity index (χ4n) is 2.84. The Balaban J connectivity index is 1.89. The number of ketones is 1. The molecular formula is C17H24N3O4+. The summed E-state index contributed by atoms with van der Waals surface area (Å²) in [6, 6.07) is 7.27. The third-order valence-electron chi connectivity index (χ3n) is 4.46. The van der Waals surface area contributed by atoms with Crippen molar-refractivity contribution in [3.8, 4) is 0 Å². The molecule has 2 N–H and O–H groups in total. The lowest BCUT2D eigenvalue weighted by Gasteiger charge is -2.35. The molecule has 0 spiro atoms. The molecule has 2 rings (SSSR count). The fourth-order valence-corrected chi connectivity index (χ4v) is 2.84. The van der Waals surface area contributed by atoms with E-state index in [4.69, 9.17) is 0 Å². The van der Waals surface area contributed by atoms with Gasteiger partial charge in [0, 0.05) is 11.3 Å². The van der Waals surface area contributed by atoms with Gasteiger partial charge in [0.1, 0.15) is 0 Å². The lowest BCUT2D eigenvalue weighted by atomic mass is 10.1. The summed E-state index contributed by atoms with van der Waals surface area (Å²) in [5.41, 5.74) is 1.78. The average Bonchev–Trinajstić information content (AvgIpc) is 2.61. The first-order valence-electron chi connectivity index (χ1n) is 8.01. The molecule has 7 heteroatoms. The number of benzene rings is 1. The first kappa shape index (κ1) is 17.9. The predicted molar refractivity (Wildman–Crippen MR) is 89.4 cm³/mol. The first-order chi connectivity index (χ1) is 11.4. The van der Waals surface area contributed by atoms with Gasteiger partial charge in [0.2, 0.25) is 0 Å². The third kappa shape index (κ3) is 4.32. The van der Waals surface area contributed by atoms with Crippen LogP contribution in [-0.2, 0) is 9.53 Å². The summed E-state index contributed by atoms with van der Waals surface area (Å²) in [5, 5.41) is 2.22. The lowest BCUT2D eigenvalue weighted by molar-refractivity contribution is -0.914. The van der Waals surface area contributed by atoms with Crippen LogP contribution in [-0.4, -0.2) is 57.1 Å². The number of ether oxygens (including phenoxy) is 1. The number of anilines is 1. The van der Waals surface area contributed by atoms with Crippen LogP contribution in [0.5, 0.6) is 0 Å². The Morgan fingerprint density at radius 1 is 1.17 bits per heavy atom. The predicted octanol–water partition coefficient (Wildman–Crippen LogP) is -0.135. The average molecular weight is 334 g/mol. The molecule has 2 amide bonds. The highest BCUT2D eigenvalue weighted by Gasteiger charge is 2.30. The Morgan fingerprint density at radius 2 is 1.75 bits per heavy atom. The van der Waals surface area contributed by atoms with Crippen LogP contribution in [0.15, 0.2) is 24.3 Å². The zero-order valence-corrected chi connectivity index (χ0v) is 14.3. The van der Waals surface area contributed by atoms with Crippen molar-refractivity contribution >= 4 is 23.5 Å². The molecule has 1 fully saturated rings. The topological polar surface area (TPSA) is 80.2 Å². The number of hydrogen-bond donors (Lipinski definition) is 2. The van der Waals surface area contributed by atoms with Gasteiger partial charge in [-0.05, 0) is 38.1 Å². The summed E-state index contributed by atoms with van der Waals surface area (Å²) in [4.78, 5) is 37.8. The molecule has 1 aliphatic rings. The van der Waals surface area contributed by atoms with E-state index in [1.807, 2.05) is 31.2 Å².